The number of aromatic nitrogens is 6. The van der Waals surface area contributed by atoms with Crippen LogP contribution in [0.1, 0.15) is 41.4 Å². The fourth-order valence-corrected chi connectivity index (χ4v) is 14.1. The third-order valence-electron chi connectivity index (χ3n) is 19.7. The molecule has 28 heteroatoms. The number of anilines is 3. The Balaban J connectivity index is 0.000000137. The normalized spacial score (nSPS) is 10.6. The number of fused-ring (bicyclic) bond motifs is 3. The third-order valence-corrected chi connectivity index (χ3v) is 21.1. The third kappa shape index (κ3) is 24.0. The van der Waals surface area contributed by atoms with Crippen molar-refractivity contribution in [2.45, 2.75) is 0 Å². The average Bonchev–Trinajstić information content (AvgIpc) is 1.62. The second-order valence-corrected chi connectivity index (χ2v) is 31.0. The number of nitrogens with zero attached hydrogens (tertiary/aromatic N) is 6. The molecular formula is C103H68Cl6F6N10O6. The molecule has 0 fully saturated rings. The number of nitrogens with one attached hydrogen (secondary N) is 1. The van der Waals surface area contributed by atoms with E-state index in [1.165, 1.54) is 56.2 Å². The number of carbonyl (C=O) groups excluding carboxylic acids is 4. The first kappa shape index (κ1) is 93.4. The molecular weight excluding hydrogens is 1800 g/mol. The van der Waals surface area contributed by atoms with Gasteiger partial charge in [0.1, 0.15) is 29.4 Å². The second kappa shape index (κ2) is 43.5. The van der Waals surface area contributed by atoms with Gasteiger partial charge in [0.2, 0.25) is 0 Å². The minimum atomic E-state index is -1.09. The van der Waals surface area contributed by atoms with Crippen LogP contribution in [0, 0.1) is 45.0 Å². The lowest BCUT2D eigenvalue weighted by Gasteiger charge is -2.10. The van der Waals surface area contributed by atoms with Gasteiger partial charge in [0.25, 0.3) is 22.7 Å². The van der Waals surface area contributed by atoms with Crippen LogP contribution >= 0.6 is 69.6 Å². The number of hydrogen-bond acceptors (Lipinski definition) is 12. The minimum Gasteiger partial charge on any atom is -0.397 e. The second-order valence-electron chi connectivity index (χ2n) is 28.5. The number of imidazole rings is 3. The molecule has 16 nitrogen and oxygen atoms in total. The SMILES string of the molecule is Clc1ccc2nc(-c3ccc(-c4ccccc4)cc3)[nH]c2c1.Nc1ccc(Cl)cc1N.Nc1ccc(Cl)cc1[N+](=O)[O-].O=C(Cl)c1ccc(F)c(F)c1.O=C(c1ccc(F)c(F)c1)n1c(-c2ccc(-c3ccccc3)cc2)nc2cc(Cl)ccc21.O=C(c1ccc(F)c(F)c1)n1c(-c2ccc(-c3ccccc3)cc2)nc2ccc(Cl)cc21.O=Cc1ccc(-c2ccccc2)cc1. The van der Waals surface area contributed by atoms with Crippen LogP contribution in [-0.2, 0) is 0 Å². The highest BCUT2D eigenvalue weighted by Crippen LogP contribution is 2.35. The van der Waals surface area contributed by atoms with E-state index in [9.17, 15) is 55.6 Å². The van der Waals surface area contributed by atoms with Gasteiger partial charge >= 0.3 is 0 Å². The molecule has 0 aliphatic heterocycles. The standard InChI is InChI=1S/2C26H15ClF2N2O.C19H13ClN2.C13H10O.C7H3ClF2O.C6H5ClN2O2.C6H7ClN2/c27-20-11-13-24-23(15-20)30-25(31(24)26(32)19-10-12-21(28)22(29)14-19)18-8-6-17(7-9-18)16-4-2-1-3-5-16;27-20-11-13-23-24(15-20)31(26(32)19-10-12-21(28)22(29)14-19)25(30-23)18-8-6-17(7-9-18)16-4-2-1-3-5-16;20-16-10-11-17-18(12-16)22-19(21-17)15-8-6-14(7-9-15)13-4-2-1-3-5-13;14-10-11-6-8-13(9-7-11)12-4-2-1-3-5-12;8-7(11)4-1-2-5(9)6(10)3-4;7-4-1-2-5(8)6(3-4)9(10)11;7-4-1-2-5(8)6(9)3-4/h2*1-15H;1-12H,(H,21,22);1-10H;1-3H;1-3H,8H2;1-3H,8-9H2. The average molecular weight is 1870 g/mol. The van der Waals surface area contributed by atoms with E-state index in [1.54, 1.807) is 54.6 Å². The van der Waals surface area contributed by atoms with Gasteiger partial charge in [-0.05, 0) is 196 Å². The summed E-state index contributed by atoms with van der Waals surface area (Å²) in [5.41, 5.74) is 33.2. The van der Waals surface area contributed by atoms with Crippen molar-refractivity contribution in [3.63, 3.8) is 0 Å². The van der Waals surface area contributed by atoms with E-state index in [0.717, 1.165) is 99.0 Å². The summed E-state index contributed by atoms with van der Waals surface area (Å²) in [6.45, 7) is 0. The first-order valence-corrected chi connectivity index (χ1v) is 41.6. The van der Waals surface area contributed by atoms with Gasteiger partial charge in [-0.25, -0.2) is 41.3 Å². The molecule has 16 aromatic carbocycles. The summed E-state index contributed by atoms with van der Waals surface area (Å²) in [5, 5.41) is 12.0. The first-order chi connectivity index (χ1) is 63.1. The Morgan fingerprint density at radius 2 is 0.679 bits per heavy atom. The highest BCUT2D eigenvalue weighted by Gasteiger charge is 2.24. The Hall–Kier alpha value is -15.3. The molecule has 0 amide bonds. The lowest BCUT2D eigenvalue weighted by atomic mass is 10.0. The summed E-state index contributed by atoms with van der Waals surface area (Å²) in [6.07, 6.45) is 0.856. The molecule has 3 heterocycles. The fraction of sp³-hybridized carbons (Fsp3) is 0. The van der Waals surface area contributed by atoms with E-state index < -0.39 is 56.9 Å². The van der Waals surface area contributed by atoms with Crippen LogP contribution in [0.5, 0.6) is 0 Å². The Labute approximate surface area is 775 Å². The maximum absolute atomic E-state index is 13.8. The van der Waals surface area contributed by atoms with Gasteiger partial charge in [-0.3, -0.25) is 38.4 Å². The van der Waals surface area contributed by atoms with Gasteiger partial charge in [-0.1, -0.05) is 276 Å². The van der Waals surface area contributed by atoms with Crippen molar-refractivity contribution < 1.29 is 50.4 Å². The first-order valence-electron chi connectivity index (χ1n) is 39.4. The van der Waals surface area contributed by atoms with Crippen LogP contribution in [0.15, 0.2) is 364 Å². The maximum Gasteiger partial charge on any atom is 0.293 e. The summed E-state index contributed by atoms with van der Waals surface area (Å²) >= 11 is 34.4. The molecule has 650 valence electrons. The van der Waals surface area contributed by atoms with Crippen molar-refractivity contribution in [3.8, 4) is 78.7 Å². The zero-order valence-electron chi connectivity index (χ0n) is 68.1. The van der Waals surface area contributed by atoms with Gasteiger partial charge in [0.15, 0.2) is 34.9 Å². The molecule has 19 aromatic rings. The largest absolute Gasteiger partial charge is 0.397 e. The van der Waals surface area contributed by atoms with Gasteiger partial charge in [0.05, 0.1) is 49.4 Å². The molecule has 0 radical (unpaired) electrons. The van der Waals surface area contributed by atoms with E-state index in [0.29, 0.717) is 86.9 Å². The van der Waals surface area contributed by atoms with Gasteiger partial charge in [-0.15, -0.1) is 0 Å². The number of halogens is 12. The Bertz CT molecular complexity index is 7260. The zero-order chi connectivity index (χ0) is 92.9. The molecule has 0 bridgehead atoms. The van der Waals surface area contributed by atoms with Crippen molar-refractivity contribution in [1.29, 1.82) is 0 Å². The molecule has 7 N–H and O–H groups in total. The van der Waals surface area contributed by atoms with Crippen molar-refractivity contribution in [3.05, 3.63) is 456 Å². The number of rotatable bonds is 12. The lowest BCUT2D eigenvalue weighted by Crippen LogP contribution is -2.14. The Kier molecular flexibility index (Phi) is 31.0. The molecule has 19 rings (SSSR count). The molecule has 0 aliphatic rings. The molecule has 131 heavy (non-hydrogen) atoms. The zero-order valence-corrected chi connectivity index (χ0v) is 72.7. The number of carbonyl (C=O) groups is 4. The predicted molar refractivity (Wildman–Crippen MR) is 512 cm³/mol. The lowest BCUT2D eigenvalue weighted by molar-refractivity contribution is -0.383. The number of nitrogens with two attached hydrogens (primary N) is 3. The molecule has 0 spiro atoms. The van der Waals surface area contributed by atoms with Crippen LogP contribution in [-0.4, -0.2) is 57.3 Å². The summed E-state index contributed by atoms with van der Waals surface area (Å²) in [4.78, 5) is 74.4. The maximum atomic E-state index is 13.8. The number of nitro benzene ring substituents is 1. The van der Waals surface area contributed by atoms with Crippen molar-refractivity contribution in [2.75, 3.05) is 17.2 Å². The van der Waals surface area contributed by atoms with Crippen LogP contribution in [0.25, 0.3) is 112 Å². The number of aromatic amines is 1. The summed E-state index contributed by atoms with van der Waals surface area (Å²) in [6, 6.07) is 105. The van der Waals surface area contributed by atoms with Crippen LogP contribution in [0.4, 0.5) is 49.1 Å². The molecule has 0 aliphatic carbocycles. The molecule has 0 saturated heterocycles. The van der Waals surface area contributed by atoms with Crippen LogP contribution < -0.4 is 17.2 Å². The Morgan fingerprint density at radius 1 is 0.328 bits per heavy atom. The Morgan fingerprint density at radius 3 is 1.10 bits per heavy atom. The smallest absolute Gasteiger partial charge is 0.293 e. The molecule has 0 unspecified atom stereocenters. The molecule has 0 saturated carbocycles. The van der Waals surface area contributed by atoms with E-state index in [2.05, 4.69) is 68.5 Å². The number of aldehydes is 1. The van der Waals surface area contributed by atoms with Crippen molar-refractivity contribution >= 4 is 149 Å². The quantitative estimate of drug-likeness (QED) is 0.0222. The summed E-state index contributed by atoms with van der Waals surface area (Å²) in [7, 11) is 0. The van der Waals surface area contributed by atoms with Gasteiger partial charge in [0, 0.05) is 70.1 Å². The van der Waals surface area contributed by atoms with Gasteiger partial charge in [-0.2, -0.15) is 0 Å². The van der Waals surface area contributed by atoms with E-state index in [1.807, 2.05) is 188 Å². The highest BCUT2D eigenvalue weighted by molar-refractivity contribution is 6.67. The van der Waals surface area contributed by atoms with Crippen LogP contribution in [0.3, 0.4) is 0 Å². The number of benzene rings is 16. The highest BCUT2D eigenvalue weighted by atomic mass is 35.5. The molecule has 3 aromatic heterocycles. The summed E-state index contributed by atoms with van der Waals surface area (Å²) < 4.78 is 81.8. The fourth-order valence-electron chi connectivity index (χ4n) is 13.1. The monoisotopic (exact) mass is 1860 g/mol. The van der Waals surface area contributed by atoms with Crippen molar-refractivity contribution in [2.24, 2.45) is 0 Å². The van der Waals surface area contributed by atoms with E-state index in [-0.39, 0.29) is 28.1 Å². The van der Waals surface area contributed by atoms with Crippen molar-refractivity contribution in [1.82, 2.24) is 29.1 Å². The van der Waals surface area contributed by atoms with E-state index >= 15 is 0 Å². The number of nitro groups is 1. The number of H-pyrrole nitrogens is 1. The summed E-state index contributed by atoms with van der Waals surface area (Å²) in [5.74, 6) is -5.69. The van der Waals surface area contributed by atoms with Crippen LogP contribution in [0.2, 0.25) is 25.1 Å². The van der Waals surface area contributed by atoms with E-state index in [4.69, 9.17) is 86.8 Å². The molecule has 0 atom stereocenters. The topological polar surface area (TPSA) is 254 Å². The number of nitrogen functional groups attached to an aromatic ring is 3. The van der Waals surface area contributed by atoms with Gasteiger partial charge < -0.3 is 22.2 Å². The number of hydrogen-bond donors (Lipinski definition) is 4. The minimum absolute atomic E-state index is 0.00494. The predicted octanol–water partition coefficient (Wildman–Crippen LogP) is 28.4.